The van der Waals surface area contributed by atoms with E-state index in [-0.39, 0.29) is 17.9 Å². The maximum Gasteiger partial charge on any atom is 0.257 e. The van der Waals surface area contributed by atoms with Gasteiger partial charge in [-0.25, -0.2) is 9.67 Å². The van der Waals surface area contributed by atoms with Crippen LogP contribution in [0.1, 0.15) is 29.8 Å². The lowest BCUT2D eigenvalue weighted by Gasteiger charge is -2.22. The van der Waals surface area contributed by atoms with Crippen LogP contribution in [0.5, 0.6) is 0 Å². The predicted octanol–water partition coefficient (Wildman–Crippen LogP) is 2.08. The molecular weight excluding hydrogens is 410 g/mol. The lowest BCUT2D eigenvalue weighted by atomic mass is 10.0. The SMILES string of the molecule is CNc1cc2nc3c(cnn13)C(=O)N[C@@H](C(C)C)COCc1cc(c3nnn(C)c3c1)N2. The Kier molecular flexibility index (Phi) is 4.89. The first-order chi connectivity index (χ1) is 15.4. The van der Waals surface area contributed by atoms with Crippen LogP contribution in [0.3, 0.4) is 0 Å². The number of benzene rings is 1. The molecule has 1 aromatic carbocycles. The standard InChI is InChI=1S/C21H25N9O2/c1-11(2)15-10-32-9-12-5-14(19-16(6-12)29(4)28-27-19)24-17-7-18(22-3)30-20(26-17)13(8-23-30)21(31)25-15/h5-8,11,15,22H,9-10H2,1-4H3,(H,24,26)(H,25,31)/t15-/m1/s1. The summed E-state index contributed by atoms with van der Waals surface area (Å²) in [6, 6.07) is 5.68. The van der Waals surface area contributed by atoms with Gasteiger partial charge < -0.3 is 20.7 Å². The molecule has 11 nitrogen and oxygen atoms in total. The zero-order chi connectivity index (χ0) is 22.4. The van der Waals surface area contributed by atoms with E-state index >= 15 is 0 Å². The van der Waals surface area contributed by atoms with Gasteiger partial charge in [0.05, 0.1) is 36.7 Å². The van der Waals surface area contributed by atoms with Gasteiger partial charge in [0.25, 0.3) is 5.91 Å². The number of rotatable bonds is 2. The van der Waals surface area contributed by atoms with E-state index in [1.54, 1.807) is 16.2 Å². The summed E-state index contributed by atoms with van der Waals surface area (Å²) in [5, 5.41) is 22.4. The molecule has 1 amide bonds. The fourth-order valence-corrected chi connectivity index (χ4v) is 3.82. The van der Waals surface area contributed by atoms with Crippen LogP contribution in [0.4, 0.5) is 17.3 Å². The van der Waals surface area contributed by atoms with Crippen molar-refractivity contribution in [1.82, 2.24) is 34.9 Å². The average Bonchev–Trinajstić information content (AvgIpc) is 3.36. The minimum absolute atomic E-state index is 0.160. The fourth-order valence-electron chi connectivity index (χ4n) is 3.82. The molecular formula is C21H25N9O2. The molecule has 11 heteroatoms. The van der Waals surface area contributed by atoms with E-state index in [1.807, 2.05) is 25.2 Å². The Morgan fingerprint density at radius 1 is 1.28 bits per heavy atom. The highest BCUT2D eigenvalue weighted by Crippen LogP contribution is 2.28. The van der Waals surface area contributed by atoms with E-state index in [2.05, 4.69) is 45.2 Å². The molecule has 4 aromatic rings. The molecule has 0 saturated heterocycles. The number of nitrogens with zero attached hydrogens (tertiary/aromatic N) is 6. The molecule has 0 spiro atoms. The Hall–Kier alpha value is -3.73. The largest absolute Gasteiger partial charge is 0.375 e. The van der Waals surface area contributed by atoms with Crippen LogP contribution in [-0.4, -0.2) is 55.2 Å². The quantitative estimate of drug-likeness (QED) is 0.437. The number of carbonyl (C=O) groups is 1. The summed E-state index contributed by atoms with van der Waals surface area (Å²) >= 11 is 0. The van der Waals surface area contributed by atoms with Crippen molar-refractivity contribution in [2.45, 2.75) is 26.5 Å². The van der Waals surface area contributed by atoms with Crippen LogP contribution >= 0.6 is 0 Å². The monoisotopic (exact) mass is 435 g/mol. The van der Waals surface area contributed by atoms with Gasteiger partial charge in [-0.2, -0.15) is 9.61 Å². The summed E-state index contributed by atoms with van der Waals surface area (Å²) in [6.45, 7) is 4.88. The average molecular weight is 435 g/mol. The van der Waals surface area contributed by atoms with Gasteiger partial charge in [-0.3, -0.25) is 4.79 Å². The molecule has 3 N–H and O–H groups in total. The van der Waals surface area contributed by atoms with Crippen LogP contribution in [0.15, 0.2) is 24.4 Å². The third kappa shape index (κ3) is 3.40. The number of carbonyl (C=O) groups excluding carboxylic acids is 1. The maximum atomic E-state index is 13.1. The Morgan fingerprint density at radius 3 is 2.91 bits per heavy atom. The zero-order valence-corrected chi connectivity index (χ0v) is 18.4. The second-order valence-electron chi connectivity index (χ2n) is 8.26. The molecule has 0 radical (unpaired) electrons. The highest BCUT2D eigenvalue weighted by molar-refractivity contribution is 6.00. The Bertz CT molecular complexity index is 1320. The molecule has 0 saturated carbocycles. The van der Waals surface area contributed by atoms with Gasteiger partial charge in [-0.05, 0) is 23.6 Å². The summed E-state index contributed by atoms with van der Waals surface area (Å²) in [6.07, 6.45) is 1.54. The second-order valence-corrected chi connectivity index (χ2v) is 8.26. The van der Waals surface area contributed by atoms with E-state index < -0.39 is 0 Å². The van der Waals surface area contributed by atoms with Gasteiger partial charge >= 0.3 is 0 Å². The Morgan fingerprint density at radius 2 is 2.12 bits per heavy atom. The Labute approximate surface area is 184 Å². The molecule has 0 fully saturated rings. The van der Waals surface area contributed by atoms with Gasteiger partial charge in [-0.1, -0.05) is 19.1 Å². The van der Waals surface area contributed by atoms with Crippen molar-refractivity contribution >= 4 is 39.9 Å². The van der Waals surface area contributed by atoms with Crippen molar-refractivity contribution in [2.75, 3.05) is 24.3 Å². The van der Waals surface area contributed by atoms with Crippen molar-refractivity contribution in [1.29, 1.82) is 0 Å². The molecule has 1 aliphatic heterocycles. The molecule has 1 aliphatic rings. The highest BCUT2D eigenvalue weighted by Gasteiger charge is 2.23. The van der Waals surface area contributed by atoms with Crippen molar-refractivity contribution in [3.63, 3.8) is 0 Å². The lowest BCUT2D eigenvalue weighted by Crippen LogP contribution is -2.41. The van der Waals surface area contributed by atoms with Crippen molar-refractivity contribution < 1.29 is 9.53 Å². The summed E-state index contributed by atoms with van der Waals surface area (Å²) in [5.41, 5.74) is 4.18. The number of ether oxygens (including phenoxy) is 1. The van der Waals surface area contributed by atoms with Gasteiger partial charge in [0.15, 0.2) is 5.65 Å². The Balaban J connectivity index is 1.71. The van der Waals surface area contributed by atoms with Crippen molar-refractivity contribution in [3.8, 4) is 0 Å². The van der Waals surface area contributed by atoms with Crippen LogP contribution < -0.4 is 16.0 Å². The number of amides is 1. The molecule has 32 heavy (non-hydrogen) atoms. The minimum atomic E-state index is -0.235. The minimum Gasteiger partial charge on any atom is -0.375 e. The van der Waals surface area contributed by atoms with Gasteiger partial charge in [0.1, 0.15) is 22.7 Å². The predicted molar refractivity (Wildman–Crippen MR) is 120 cm³/mol. The van der Waals surface area contributed by atoms with E-state index in [9.17, 15) is 4.79 Å². The first-order valence-corrected chi connectivity index (χ1v) is 10.5. The summed E-state index contributed by atoms with van der Waals surface area (Å²) in [7, 11) is 3.65. The number of fused-ring (bicyclic) bond motifs is 5. The van der Waals surface area contributed by atoms with Crippen LogP contribution in [0.25, 0.3) is 16.7 Å². The van der Waals surface area contributed by atoms with E-state index in [4.69, 9.17) is 9.72 Å². The van der Waals surface area contributed by atoms with Crippen molar-refractivity contribution in [2.24, 2.45) is 13.0 Å². The lowest BCUT2D eigenvalue weighted by molar-refractivity contribution is 0.0725. The van der Waals surface area contributed by atoms with Crippen LogP contribution in [0, 0.1) is 5.92 Å². The third-order valence-electron chi connectivity index (χ3n) is 5.70. The number of nitrogens with one attached hydrogen (secondary N) is 3. The van der Waals surface area contributed by atoms with E-state index in [0.717, 1.165) is 22.3 Å². The summed E-state index contributed by atoms with van der Waals surface area (Å²) in [5.74, 6) is 1.20. The second kappa shape index (κ2) is 7.75. The molecule has 5 rings (SSSR count). The van der Waals surface area contributed by atoms with E-state index in [0.29, 0.717) is 36.1 Å². The van der Waals surface area contributed by atoms with Gasteiger partial charge in [0, 0.05) is 20.2 Å². The fraction of sp³-hybridized carbons (Fsp3) is 0.381. The maximum absolute atomic E-state index is 13.1. The number of aromatic nitrogens is 6. The summed E-state index contributed by atoms with van der Waals surface area (Å²) in [4.78, 5) is 17.8. The molecule has 1 atom stereocenters. The summed E-state index contributed by atoms with van der Waals surface area (Å²) < 4.78 is 9.35. The third-order valence-corrected chi connectivity index (χ3v) is 5.70. The highest BCUT2D eigenvalue weighted by atomic mass is 16.5. The first kappa shape index (κ1) is 20.2. The molecule has 0 aliphatic carbocycles. The number of hydrogen-bond acceptors (Lipinski definition) is 8. The van der Waals surface area contributed by atoms with Crippen LogP contribution in [-0.2, 0) is 18.4 Å². The molecule has 4 bridgehead atoms. The zero-order valence-electron chi connectivity index (χ0n) is 18.4. The topological polar surface area (TPSA) is 123 Å². The smallest absolute Gasteiger partial charge is 0.257 e. The van der Waals surface area contributed by atoms with Gasteiger partial charge in [-0.15, -0.1) is 5.10 Å². The molecule has 4 heterocycles. The normalized spacial score (nSPS) is 16.9. The number of hydrogen-bond donors (Lipinski definition) is 3. The molecule has 166 valence electrons. The first-order valence-electron chi connectivity index (χ1n) is 10.5. The molecule has 3 aromatic heterocycles. The van der Waals surface area contributed by atoms with Crippen LogP contribution in [0.2, 0.25) is 0 Å². The molecule has 0 unspecified atom stereocenters. The van der Waals surface area contributed by atoms with E-state index in [1.165, 1.54) is 6.20 Å². The number of anilines is 3. The van der Waals surface area contributed by atoms with Crippen molar-refractivity contribution in [3.05, 3.63) is 35.5 Å². The van der Waals surface area contributed by atoms with Gasteiger partial charge in [0.2, 0.25) is 0 Å². The number of aryl methyl sites for hydroxylation is 1.